The SMILES string of the molecule is Clc1ccc(Cl)cc1.[Fe+2].c1cc[cH-]c1. The van der Waals surface area contributed by atoms with E-state index in [0.717, 1.165) is 10.0 Å². The van der Waals surface area contributed by atoms with Crippen LogP contribution in [-0.2, 0) is 17.1 Å². The monoisotopic (exact) mass is 267 g/mol. The molecule has 0 saturated carbocycles. The first kappa shape index (κ1) is 13.7. The van der Waals surface area contributed by atoms with Crippen molar-refractivity contribution in [1.82, 2.24) is 0 Å². The molecule has 3 heteroatoms. The maximum absolute atomic E-state index is 5.55. The Balaban J connectivity index is 0.000000246. The standard InChI is InChI=1S/C6H4Cl2.C5H5.Fe/c7-5-1-2-6(8)4-3-5;1-2-4-5-3-1;/h1-4H;1-5H;/q;-1;+2. The van der Waals surface area contributed by atoms with Crippen LogP contribution in [0.1, 0.15) is 0 Å². The van der Waals surface area contributed by atoms with Crippen molar-refractivity contribution in [2.75, 3.05) is 0 Å². The number of hydrogen-bond donors (Lipinski definition) is 0. The van der Waals surface area contributed by atoms with Crippen LogP contribution in [0.4, 0.5) is 0 Å². The largest absolute Gasteiger partial charge is 2.00 e. The Hall–Kier alpha value is -0.331. The maximum atomic E-state index is 5.55. The van der Waals surface area contributed by atoms with Crippen molar-refractivity contribution < 1.29 is 17.1 Å². The Morgan fingerprint density at radius 3 is 1.36 bits per heavy atom. The summed E-state index contributed by atoms with van der Waals surface area (Å²) < 4.78 is 0. The molecule has 0 heterocycles. The summed E-state index contributed by atoms with van der Waals surface area (Å²) in [4.78, 5) is 0. The van der Waals surface area contributed by atoms with Crippen LogP contribution in [0.15, 0.2) is 54.6 Å². The Kier molecular flexibility index (Phi) is 7.83. The molecular formula is C11H9Cl2Fe+. The summed E-state index contributed by atoms with van der Waals surface area (Å²) >= 11 is 11.1. The Morgan fingerprint density at radius 1 is 0.786 bits per heavy atom. The average Bonchev–Trinajstić information content (AvgIpc) is 2.68. The zero-order chi connectivity index (χ0) is 9.52. The van der Waals surface area contributed by atoms with Crippen molar-refractivity contribution in [1.29, 1.82) is 0 Å². The van der Waals surface area contributed by atoms with E-state index in [2.05, 4.69) is 0 Å². The van der Waals surface area contributed by atoms with E-state index in [1.54, 1.807) is 24.3 Å². The zero-order valence-corrected chi connectivity index (χ0v) is 9.92. The molecule has 0 spiro atoms. The smallest absolute Gasteiger partial charge is 0.214 e. The molecule has 2 aromatic rings. The average molecular weight is 268 g/mol. The van der Waals surface area contributed by atoms with Crippen LogP contribution in [-0.4, -0.2) is 0 Å². The second kappa shape index (κ2) is 8.02. The van der Waals surface area contributed by atoms with Crippen molar-refractivity contribution in [2.24, 2.45) is 0 Å². The van der Waals surface area contributed by atoms with E-state index in [1.807, 2.05) is 30.3 Å². The van der Waals surface area contributed by atoms with Gasteiger partial charge in [0, 0.05) is 10.0 Å². The van der Waals surface area contributed by atoms with E-state index in [9.17, 15) is 0 Å². The van der Waals surface area contributed by atoms with E-state index in [1.165, 1.54) is 0 Å². The third kappa shape index (κ3) is 6.17. The predicted molar refractivity (Wildman–Crippen MR) is 58.5 cm³/mol. The second-order valence-electron chi connectivity index (χ2n) is 2.40. The van der Waals surface area contributed by atoms with Crippen LogP contribution in [0.25, 0.3) is 0 Å². The van der Waals surface area contributed by atoms with Crippen LogP contribution in [0.3, 0.4) is 0 Å². The van der Waals surface area contributed by atoms with E-state index in [4.69, 9.17) is 23.2 Å². The van der Waals surface area contributed by atoms with Gasteiger partial charge in [0.2, 0.25) is 0 Å². The molecule has 0 unspecified atom stereocenters. The van der Waals surface area contributed by atoms with Crippen molar-refractivity contribution in [2.45, 2.75) is 0 Å². The van der Waals surface area contributed by atoms with Crippen molar-refractivity contribution in [3.63, 3.8) is 0 Å². The van der Waals surface area contributed by atoms with Gasteiger partial charge in [0.05, 0.1) is 0 Å². The summed E-state index contributed by atoms with van der Waals surface area (Å²) in [5.74, 6) is 0. The number of halogens is 2. The van der Waals surface area contributed by atoms with Crippen LogP contribution >= 0.6 is 23.2 Å². The minimum atomic E-state index is 0. The van der Waals surface area contributed by atoms with Crippen molar-refractivity contribution in [3.8, 4) is 0 Å². The maximum Gasteiger partial charge on any atom is 2.00 e. The van der Waals surface area contributed by atoms with Crippen LogP contribution in [0.5, 0.6) is 0 Å². The molecule has 0 aromatic heterocycles. The second-order valence-corrected chi connectivity index (χ2v) is 3.27. The topological polar surface area (TPSA) is 0 Å². The molecule has 0 aliphatic rings. The van der Waals surface area contributed by atoms with Gasteiger partial charge < -0.3 is 0 Å². The summed E-state index contributed by atoms with van der Waals surface area (Å²) in [6, 6.07) is 17.0. The fraction of sp³-hybridized carbons (Fsp3) is 0. The molecule has 0 atom stereocenters. The normalized spacial score (nSPS) is 8.14. The summed E-state index contributed by atoms with van der Waals surface area (Å²) in [5, 5.41) is 1.43. The third-order valence-corrected chi connectivity index (χ3v) is 1.86. The molecule has 0 saturated heterocycles. The number of benzene rings is 1. The van der Waals surface area contributed by atoms with Gasteiger partial charge in [-0.3, -0.25) is 0 Å². The van der Waals surface area contributed by atoms with Gasteiger partial charge in [-0.2, -0.15) is 18.2 Å². The Labute approximate surface area is 105 Å². The molecule has 0 amide bonds. The molecule has 0 nitrogen and oxygen atoms in total. The first-order valence-electron chi connectivity index (χ1n) is 3.87. The van der Waals surface area contributed by atoms with Gasteiger partial charge in [-0.1, -0.05) is 23.2 Å². The summed E-state index contributed by atoms with van der Waals surface area (Å²) in [6.07, 6.45) is 0. The molecule has 2 aromatic carbocycles. The molecule has 0 aliphatic carbocycles. The van der Waals surface area contributed by atoms with Gasteiger partial charge in [-0.15, -0.1) is 0 Å². The first-order valence-corrected chi connectivity index (χ1v) is 4.62. The van der Waals surface area contributed by atoms with Crippen LogP contribution in [0, 0.1) is 0 Å². The van der Waals surface area contributed by atoms with E-state index in [-0.39, 0.29) is 17.1 Å². The molecule has 2 rings (SSSR count). The summed E-state index contributed by atoms with van der Waals surface area (Å²) in [6.45, 7) is 0. The Morgan fingerprint density at radius 2 is 1.14 bits per heavy atom. The van der Waals surface area contributed by atoms with Gasteiger partial charge >= 0.3 is 17.1 Å². The molecule has 0 radical (unpaired) electrons. The van der Waals surface area contributed by atoms with Gasteiger partial charge in [0.1, 0.15) is 0 Å². The van der Waals surface area contributed by atoms with Gasteiger partial charge in [0.15, 0.2) is 0 Å². The molecular weight excluding hydrogens is 259 g/mol. The summed E-state index contributed by atoms with van der Waals surface area (Å²) in [7, 11) is 0. The van der Waals surface area contributed by atoms with Gasteiger partial charge in [-0.25, -0.2) is 12.1 Å². The van der Waals surface area contributed by atoms with Crippen LogP contribution in [0.2, 0.25) is 10.0 Å². The molecule has 0 fully saturated rings. The molecule has 0 bridgehead atoms. The van der Waals surface area contributed by atoms with Gasteiger partial charge in [-0.05, 0) is 24.3 Å². The Bertz CT molecular complexity index is 275. The fourth-order valence-corrected chi connectivity index (χ4v) is 1.00. The molecule has 0 aliphatic heterocycles. The van der Waals surface area contributed by atoms with E-state index < -0.39 is 0 Å². The van der Waals surface area contributed by atoms with Gasteiger partial charge in [0.25, 0.3) is 0 Å². The minimum Gasteiger partial charge on any atom is -0.214 e. The quantitative estimate of drug-likeness (QED) is 0.490. The number of rotatable bonds is 0. The van der Waals surface area contributed by atoms with Crippen molar-refractivity contribution in [3.05, 3.63) is 64.6 Å². The minimum absolute atomic E-state index is 0. The first-order chi connectivity index (χ1) is 6.29. The fourth-order valence-electron chi connectivity index (χ4n) is 0.750. The van der Waals surface area contributed by atoms with Crippen molar-refractivity contribution >= 4 is 23.2 Å². The third-order valence-electron chi connectivity index (χ3n) is 1.36. The van der Waals surface area contributed by atoms with Crippen LogP contribution < -0.4 is 0 Å². The summed E-state index contributed by atoms with van der Waals surface area (Å²) in [5.41, 5.74) is 0. The van der Waals surface area contributed by atoms with E-state index in [0.29, 0.717) is 0 Å². The molecule has 0 N–H and O–H groups in total. The molecule has 74 valence electrons. The number of hydrogen-bond acceptors (Lipinski definition) is 0. The van der Waals surface area contributed by atoms with E-state index >= 15 is 0 Å². The zero-order valence-electron chi connectivity index (χ0n) is 7.31. The molecule has 14 heavy (non-hydrogen) atoms. The predicted octanol–water partition coefficient (Wildman–Crippen LogP) is 4.40.